The Bertz CT molecular complexity index is 614. The SMILES string of the molecule is CCCCC/C=C\C/C=C\CCCCCCCC(=O)O.CCCCC/C=C\C/C=C\CCCCCCCC(=O)O.[O]=[Zr]. The summed E-state index contributed by atoms with van der Waals surface area (Å²) in [4.78, 5) is 20.6. The van der Waals surface area contributed by atoms with Gasteiger partial charge in [-0.1, -0.05) is 127 Å². The van der Waals surface area contributed by atoms with Gasteiger partial charge in [-0.25, -0.2) is 0 Å². The second kappa shape index (κ2) is 44.0. The van der Waals surface area contributed by atoms with Crippen LogP contribution in [0, 0.1) is 0 Å². The topological polar surface area (TPSA) is 91.7 Å². The van der Waals surface area contributed by atoms with Crippen molar-refractivity contribution >= 4 is 11.9 Å². The predicted octanol–water partition coefficient (Wildman–Crippen LogP) is 11.6. The predicted molar refractivity (Wildman–Crippen MR) is 175 cm³/mol. The van der Waals surface area contributed by atoms with Crippen molar-refractivity contribution in [2.24, 2.45) is 0 Å². The minimum absolute atomic E-state index is 0.300. The minimum atomic E-state index is -0.671. The summed E-state index contributed by atoms with van der Waals surface area (Å²) in [5.41, 5.74) is 0. The monoisotopic (exact) mass is 666 g/mol. The van der Waals surface area contributed by atoms with Crippen molar-refractivity contribution in [1.29, 1.82) is 0 Å². The van der Waals surface area contributed by atoms with Crippen LogP contribution in [0.5, 0.6) is 0 Å². The van der Waals surface area contributed by atoms with Crippen LogP contribution in [0.25, 0.3) is 0 Å². The molecule has 0 rings (SSSR count). The van der Waals surface area contributed by atoms with Crippen molar-refractivity contribution in [3.8, 4) is 0 Å². The van der Waals surface area contributed by atoms with E-state index >= 15 is 0 Å². The summed E-state index contributed by atoms with van der Waals surface area (Å²) in [7, 11) is 0. The Labute approximate surface area is 274 Å². The number of aliphatic carboxylic acids is 2. The molecule has 6 heteroatoms. The molecule has 242 valence electrons. The molecular formula is C36H64O5Zr. The summed E-state index contributed by atoms with van der Waals surface area (Å²) >= 11 is 0.300. The average molecular weight is 668 g/mol. The number of hydrogen-bond donors (Lipinski definition) is 2. The van der Waals surface area contributed by atoms with Gasteiger partial charge in [0.15, 0.2) is 0 Å². The number of hydrogen-bond acceptors (Lipinski definition) is 3. The molecule has 0 radical (unpaired) electrons. The van der Waals surface area contributed by atoms with Gasteiger partial charge in [-0.3, -0.25) is 9.59 Å². The van der Waals surface area contributed by atoms with Gasteiger partial charge < -0.3 is 10.2 Å². The van der Waals surface area contributed by atoms with Crippen LogP contribution in [0.2, 0.25) is 0 Å². The van der Waals surface area contributed by atoms with Gasteiger partial charge in [-0.05, 0) is 77.0 Å². The van der Waals surface area contributed by atoms with E-state index in [9.17, 15) is 9.59 Å². The summed E-state index contributed by atoms with van der Waals surface area (Å²) in [5.74, 6) is -1.34. The van der Waals surface area contributed by atoms with Crippen molar-refractivity contribution in [2.45, 2.75) is 168 Å². The van der Waals surface area contributed by atoms with Gasteiger partial charge in [-0.2, -0.15) is 0 Å². The number of rotatable bonds is 28. The zero-order chi connectivity index (χ0) is 31.8. The molecule has 0 aromatic heterocycles. The Balaban J connectivity index is -0.000000683. The summed E-state index contributed by atoms with van der Waals surface area (Å²) in [6.45, 7) is 4.47. The van der Waals surface area contributed by atoms with Crippen LogP contribution >= 0.6 is 0 Å². The Kier molecular flexibility index (Phi) is 47.2. The van der Waals surface area contributed by atoms with Gasteiger partial charge in [0.2, 0.25) is 0 Å². The van der Waals surface area contributed by atoms with Crippen LogP contribution in [0.15, 0.2) is 48.6 Å². The first-order chi connectivity index (χ1) is 20.5. The quantitative estimate of drug-likeness (QED) is 0.0640. The zero-order valence-electron chi connectivity index (χ0n) is 27.2. The van der Waals surface area contributed by atoms with Gasteiger partial charge in [0.05, 0.1) is 0 Å². The van der Waals surface area contributed by atoms with E-state index in [0.717, 1.165) is 51.4 Å². The Morgan fingerprint density at radius 3 is 0.976 bits per heavy atom. The van der Waals surface area contributed by atoms with Crippen LogP contribution in [-0.2, 0) is 37.1 Å². The van der Waals surface area contributed by atoms with E-state index in [1.165, 1.54) is 89.9 Å². The first-order valence-corrected chi connectivity index (χ1v) is 17.8. The van der Waals surface area contributed by atoms with Crippen LogP contribution in [0.1, 0.15) is 168 Å². The molecule has 0 saturated carbocycles. The normalized spacial score (nSPS) is 11.2. The third-order valence-electron chi connectivity index (χ3n) is 6.68. The van der Waals surface area contributed by atoms with Gasteiger partial charge in [0, 0.05) is 12.8 Å². The van der Waals surface area contributed by atoms with Gasteiger partial charge in [0.1, 0.15) is 0 Å². The summed E-state index contributed by atoms with van der Waals surface area (Å²) < 4.78 is 8.34. The molecule has 0 aliphatic rings. The molecule has 42 heavy (non-hydrogen) atoms. The maximum absolute atomic E-state index is 10.3. The van der Waals surface area contributed by atoms with Gasteiger partial charge >= 0.3 is 39.5 Å². The molecule has 0 bridgehead atoms. The Hall–Kier alpha value is -1.42. The van der Waals surface area contributed by atoms with E-state index in [1.54, 1.807) is 0 Å². The molecule has 2 N–H and O–H groups in total. The molecular weight excluding hydrogens is 604 g/mol. The summed E-state index contributed by atoms with van der Waals surface area (Å²) in [6.07, 6.45) is 44.6. The van der Waals surface area contributed by atoms with E-state index in [-0.39, 0.29) is 0 Å². The summed E-state index contributed by atoms with van der Waals surface area (Å²) in [5, 5.41) is 17.0. The molecule has 0 amide bonds. The van der Waals surface area contributed by atoms with E-state index in [4.69, 9.17) is 13.0 Å². The van der Waals surface area contributed by atoms with Gasteiger partial charge in [-0.15, -0.1) is 0 Å². The molecule has 0 saturated heterocycles. The molecule has 0 fully saturated rings. The third kappa shape index (κ3) is 51.3. The number of carboxylic acid groups (broad SMARTS) is 2. The van der Waals surface area contributed by atoms with Crippen molar-refractivity contribution in [3.05, 3.63) is 48.6 Å². The van der Waals surface area contributed by atoms with Crippen LogP contribution < -0.4 is 0 Å². The molecule has 0 unspecified atom stereocenters. The van der Waals surface area contributed by atoms with E-state index in [1.807, 2.05) is 0 Å². The number of carbonyl (C=O) groups is 2. The second-order valence-electron chi connectivity index (χ2n) is 10.7. The van der Waals surface area contributed by atoms with Gasteiger partial charge in [0.25, 0.3) is 0 Å². The number of carboxylic acids is 2. The molecule has 0 aliphatic carbocycles. The first-order valence-electron chi connectivity index (χ1n) is 16.8. The van der Waals surface area contributed by atoms with E-state index < -0.39 is 11.9 Å². The molecule has 0 spiro atoms. The molecule has 0 aromatic rings. The fourth-order valence-corrected chi connectivity index (χ4v) is 4.18. The van der Waals surface area contributed by atoms with Crippen molar-refractivity contribution < 1.29 is 47.3 Å². The van der Waals surface area contributed by atoms with E-state index in [0.29, 0.717) is 37.6 Å². The average Bonchev–Trinajstić information content (AvgIpc) is 2.98. The molecule has 0 atom stereocenters. The zero-order valence-corrected chi connectivity index (χ0v) is 29.7. The molecule has 0 aliphatic heterocycles. The fraction of sp³-hybridized carbons (Fsp3) is 0.722. The van der Waals surface area contributed by atoms with Crippen molar-refractivity contribution in [3.63, 3.8) is 0 Å². The van der Waals surface area contributed by atoms with Crippen molar-refractivity contribution in [2.75, 3.05) is 0 Å². The molecule has 5 nitrogen and oxygen atoms in total. The Morgan fingerprint density at radius 2 is 0.690 bits per heavy atom. The van der Waals surface area contributed by atoms with E-state index in [2.05, 4.69) is 62.5 Å². The van der Waals surface area contributed by atoms with Crippen LogP contribution in [-0.4, -0.2) is 22.2 Å². The second-order valence-corrected chi connectivity index (χ2v) is 10.7. The van der Waals surface area contributed by atoms with Crippen LogP contribution in [0.4, 0.5) is 0 Å². The van der Waals surface area contributed by atoms with Crippen molar-refractivity contribution in [1.82, 2.24) is 0 Å². The fourth-order valence-electron chi connectivity index (χ4n) is 4.18. The molecule has 0 aromatic carbocycles. The summed E-state index contributed by atoms with van der Waals surface area (Å²) in [6, 6.07) is 0. The Morgan fingerprint density at radius 1 is 0.429 bits per heavy atom. The number of unbranched alkanes of at least 4 members (excludes halogenated alkanes) is 16. The number of allylic oxidation sites excluding steroid dienone is 8. The maximum atomic E-state index is 10.3. The first kappa shape index (κ1) is 45.0. The standard InChI is InChI=1S/2C18H32O2.O.Zr/c2*1-2-3-4-5-6-7-8-9-10-11-12-13-14-15-16-17-18(19)20;;/h2*6-7,9-10H,2-5,8,11-17H2,1H3,(H,19,20);;/b2*7-6-,10-9-;;. The molecule has 0 heterocycles. The third-order valence-corrected chi connectivity index (χ3v) is 6.68. The van der Waals surface area contributed by atoms with Crippen LogP contribution in [0.3, 0.4) is 0 Å².